The Balaban J connectivity index is 1.90. The monoisotopic (exact) mass is 255 g/mol. The summed E-state index contributed by atoms with van der Waals surface area (Å²) < 4.78 is 13.5. The van der Waals surface area contributed by atoms with Crippen LogP contribution in [-0.4, -0.2) is 12.4 Å². The van der Waals surface area contributed by atoms with Crippen LogP contribution in [-0.2, 0) is 10.4 Å². The summed E-state index contributed by atoms with van der Waals surface area (Å²) in [6, 6.07) is 19.2. The molecule has 19 heavy (non-hydrogen) atoms. The molecule has 1 heterocycles. The molecular weight excluding hydrogens is 241 g/mol. The van der Waals surface area contributed by atoms with Crippen LogP contribution in [0.4, 0.5) is 4.39 Å². The van der Waals surface area contributed by atoms with Crippen molar-refractivity contribution in [3.8, 4) is 0 Å². The lowest BCUT2D eigenvalue weighted by atomic mass is 9.88. The lowest BCUT2D eigenvalue weighted by molar-refractivity contribution is -0.0407. The van der Waals surface area contributed by atoms with Gasteiger partial charge >= 0.3 is 0 Å². The Kier molecular flexibility index (Phi) is 3.03. The molecule has 2 aromatic carbocycles. The molecule has 0 amide bonds. The van der Waals surface area contributed by atoms with Crippen LogP contribution in [0.1, 0.15) is 17.5 Å². The third-order valence-corrected chi connectivity index (χ3v) is 3.41. The van der Waals surface area contributed by atoms with E-state index in [4.69, 9.17) is 4.84 Å². The van der Waals surface area contributed by atoms with Crippen molar-refractivity contribution in [2.45, 2.75) is 12.0 Å². The number of alkyl halides is 1. The molecule has 0 aliphatic carbocycles. The Labute approximate surface area is 111 Å². The van der Waals surface area contributed by atoms with Gasteiger partial charge in [-0.2, -0.15) is 0 Å². The minimum Gasteiger partial charge on any atom is -0.381 e. The van der Waals surface area contributed by atoms with Crippen molar-refractivity contribution in [1.29, 1.82) is 0 Å². The molecule has 0 fully saturated rings. The Morgan fingerprint density at radius 3 is 2.26 bits per heavy atom. The zero-order chi connectivity index (χ0) is 13.1. The van der Waals surface area contributed by atoms with Crippen LogP contribution in [0, 0.1) is 0 Å². The smallest absolute Gasteiger partial charge is 0.196 e. The van der Waals surface area contributed by atoms with E-state index in [0.717, 1.165) is 16.8 Å². The van der Waals surface area contributed by atoms with Gasteiger partial charge in [0.15, 0.2) is 5.60 Å². The van der Waals surface area contributed by atoms with Gasteiger partial charge < -0.3 is 4.84 Å². The van der Waals surface area contributed by atoms with Gasteiger partial charge in [-0.15, -0.1) is 0 Å². The van der Waals surface area contributed by atoms with Gasteiger partial charge in [-0.3, -0.25) is 0 Å². The minimum atomic E-state index is -0.966. The highest BCUT2D eigenvalue weighted by atomic mass is 19.1. The zero-order valence-electron chi connectivity index (χ0n) is 10.4. The molecule has 0 bridgehead atoms. The molecule has 1 atom stereocenters. The highest BCUT2D eigenvalue weighted by Crippen LogP contribution is 2.36. The fraction of sp³-hybridized carbons (Fsp3) is 0.188. The Hall–Kier alpha value is -2.16. The van der Waals surface area contributed by atoms with E-state index < -0.39 is 12.3 Å². The molecule has 96 valence electrons. The summed E-state index contributed by atoms with van der Waals surface area (Å²) in [6.45, 7) is -0.586. The maximum Gasteiger partial charge on any atom is 0.196 e. The number of benzene rings is 2. The average Bonchev–Trinajstić information content (AvgIpc) is 2.95. The molecule has 0 N–H and O–H groups in total. The third-order valence-electron chi connectivity index (χ3n) is 3.41. The standard InChI is InChI=1S/C16H14FNO/c17-12-16(14-9-5-2-6-10-14)11-15(18-19-16)13-7-3-1-4-8-13/h1-10H,11-12H2. The van der Waals surface area contributed by atoms with E-state index in [0.29, 0.717) is 6.42 Å². The SMILES string of the molecule is FCC1(c2ccccc2)CC(c2ccccc2)=NO1. The van der Waals surface area contributed by atoms with Crippen molar-refractivity contribution in [1.82, 2.24) is 0 Å². The van der Waals surface area contributed by atoms with Crippen molar-refractivity contribution in [3.05, 3.63) is 71.8 Å². The van der Waals surface area contributed by atoms with Crippen LogP contribution in [0.25, 0.3) is 0 Å². The topological polar surface area (TPSA) is 21.6 Å². The van der Waals surface area contributed by atoms with Gasteiger partial charge in [-0.05, 0) is 5.56 Å². The largest absolute Gasteiger partial charge is 0.381 e. The van der Waals surface area contributed by atoms with Crippen molar-refractivity contribution >= 4 is 5.71 Å². The van der Waals surface area contributed by atoms with Crippen molar-refractivity contribution in [2.24, 2.45) is 5.16 Å². The lowest BCUT2D eigenvalue weighted by Gasteiger charge is -2.23. The second kappa shape index (κ2) is 4.84. The van der Waals surface area contributed by atoms with Gasteiger partial charge in [0.1, 0.15) is 6.67 Å². The molecule has 0 spiro atoms. The number of hydrogen-bond acceptors (Lipinski definition) is 2. The van der Waals surface area contributed by atoms with Crippen molar-refractivity contribution in [2.75, 3.05) is 6.67 Å². The van der Waals surface area contributed by atoms with E-state index in [-0.39, 0.29) is 0 Å². The number of nitrogens with zero attached hydrogens (tertiary/aromatic N) is 1. The van der Waals surface area contributed by atoms with Gasteiger partial charge in [0.2, 0.25) is 0 Å². The second-order valence-corrected chi connectivity index (χ2v) is 4.67. The summed E-state index contributed by atoms with van der Waals surface area (Å²) in [5, 5.41) is 4.08. The number of rotatable bonds is 3. The highest BCUT2D eigenvalue weighted by molar-refractivity contribution is 6.01. The van der Waals surface area contributed by atoms with Crippen LogP contribution in [0.15, 0.2) is 65.8 Å². The molecule has 0 saturated carbocycles. The summed E-state index contributed by atoms with van der Waals surface area (Å²) in [4.78, 5) is 5.46. The zero-order valence-corrected chi connectivity index (χ0v) is 10.4. The van der Waals surface area contributed by atoms with Gasteiger partial charge in [0, 0.05) is 12.0 Å². The van der Waals surface area contributed by atoms with Crippen molar-refractivity contribution in [3.63, 3.8) is 0 Å². The van der Waals surface area contributed by atoms with Crippen LogP contribution >= 0.6 is 0 Å². The molecule has 1 aliphatic rings. The Morgan fingerprint density at radius 2 is 1.63 bits per heavy atom. The molecular formula is C16H14FNO. The van der Waals surface area contributed by atoms with E-state index in [1.165, 1.54) is 0 Å². The van der Waals surface area contributed by atoms with Gasteiger partial charge in [-0.1, -0.05) is 65.8 Å². The van der Waals surface area contributed by atoms with E-state index in [1.54, 1.807) is 0 Å². The quantitative estimate of drug-likeness (QED) is 0.820. The van der Waals surface area contributed by atoms with E-state index >= 15 is 0 Å². The fourth-order valence-electron chi connectivity index (χ4n) is 2.31. The van der Waals surface area contributed by atoms with Gasteiger partial charge in [0.05, 0.1) is 5.71 Å². The summed E-state index contributed by atoms with van der Waals surface area (Å²) in [5.74, 6) is 0. The number of hydrogen-bond donors (Lipinski definition) is 0. The maximum atomic E-state index is 13.5. The molecule has 1 aliphatic heterocycles. The van der Waals surface area contributed by atoms with Crippen LogP contribution in [0.2, 0.25) is 0 Å². The average molecular weight is 255 g/mol. The highest BCUT2D eigenvalue weighted by Gasteiger charge is 2.41. The van der Waals surface area contributed by atoms with E-state index in [1.807, 2.05) is 60.7 Å². The first-order chi connectivity index (χ1) is 9.34. The molecule has 0 saturated heterocycles. The number of oxime groups is 1. The van der Waals surface area contributed by atoms with Crippen LogP contribution < -0.4 is 0 Å². The molecule has 3 rings (SSSR count). The summed E-state index contributed by atoms with van der Waals surface area (Å²) >= 11 is 0. The Morgan fingerprint density at radius 1 is 1.00 bits per heavy atom. The van der Waals surface area contributed by atoms with E-state index in [2.05, 4.69) is 5.16 Å². The number of halogens is 1. The molecule has 2 aromatic rings. The minimum absolute atomic E-state index is 0.456. The normalized spacial score (nSPS) is 21.8. The Bertz CT molecular complexity index is 582. The first kappa shape index (κ1) is 11.9. The first-order valence-corrected chi connectivity index (χ1v) is 6.26. The molecule has 1 unspecified atom stereocenters. The van der Waals surface area contributed by atoms with Crippen LogP contribution in [0.5, 0.6) is 0 Å². The molecule has 3 heteroatoms. The summed E-state index contributed by atoms with van der Waals surface area (Å²) in [5.41, 5.74) is 1.63. The third kappa shape index (κ3) is 2.12. The van der Waals surface area contributed by atoms with Crippen molar-refractivity contribution < 1.29 is 9.23 Å². The van der Waals surface area contributed by atoms with Crippen LogP contribution in [0.3, 0.4) is 0 Å². The fourth-order valence-corrected chi connectivity index (χ4v) is 2.31. The molecule has 2 nitrogen and oxygen atoms in total. The van der Waals surface area contributed by atoms with Gasteiger partial charge in [0.25, 0.3) is 0 Å². The summed E-state index contributed by atoms with van der Waals surface area (Å²) in [7, 11) is 0. The molecule has 0 aromatic heterocycles. The first-order valence-electron chi connectivity index (χ1n) is 6.26. The lowest BCUT2D eigenvalue weighted by Crippen LogP contribution is -2.28. The van der Waals surface area contributed by atoms with E-state index in [9.17, 15) is 4.39 Å². The molecule has 0 radical (unpaired) electrons. The predicted molar refractivity (Wildman–Crippen MR) is 72.8 cm³/mol. The second-order valence-electron chi connectivity index (χ2n) is 4.67. The maximum absolute atomic E-state index is 13.5. The van der Waals surface area contributed by atoms with Gasteiger partial charge in [-0.25, -0.2) is 4.39 Å². The summed E-state index contributed by atoms with van der Waals surface area (Å²) in [6.07, 6.45) is 0.456. The predicted octanol–water partition coefficient (Wildman–Crippen LogP) is 3.68.